The van der Waals surface area contributed by atoms with E-state index in [4.69, 9.17) is 4.74 Å². The van der Waals surface area contributed by atoms with Gasteiger partial charge in [-0.2, -0.15) is 26.3 Å². The molecular weight excluding hydrogens is 508 g/mol. The van der Waals surface area contributed by atoms with Gasteiger partial charge in [0.25, 0.3) is 0 Å². The highest BCUT2D eigenvalue weighted by molar-refractivity contribution is 5.90. The van der Waals surface area contributed by atoms with Crippen LogP contribution in [0.1, 0.15) is 58.3 Å². The van der Waals surface area contributed by atoms with E-state index in [9.17, 15) is 31.1 Å². The lowest BCUT2D eigenvalue weighted by atomic mass is 9.78. The Morgan fingerprint density at radius 2 is 1.39 bits per heavy atom. The first kappa shape index (κ1) is 26.3. The molecule has 0 saturated carbocycles. The number of nitrogens with zero attached hydrogens (tertiary/aromatic N) is 1. The molecule has 0 aliphatic carbocycles. The minimum Gasteiger partial charge on any atom is -0.456 e. The largest absolute Gasteiger partial charge is 0.456 e. The zero-order valence-corrected chi connectivity index (χ0v) is 20.2. The van der Waals surface area contributed by atoms with Crippen LogP contribution in [-0.4, -0.2) is 23.0 Å². The quantitative estimate of drug-likeness (QED) is 0.250. The van der Waals surface area contributed by atoms with Gasteiger partial charge >= 0.3 is 18.3 Å². The van der Waals surface area contributed by atoms with Crippen LogP contribution in [0.15, 0.2) is 78.9 Å². The number of ether oxygens (including phenoxy) is 1. The second-order valence-electron chi connectivity index (χ2n) is 9.86. The number of piperidine rings is 1. The smallest absolute Gasteiger partial charge is 0.416 e. The van der Waals surface area contributed by atoms with E-state index < -0.39 is 46.7 Å². The molecule has 2 saturated heterocycles. The van der Waals surface area contributed by atoms with Crippen molar-refractivity contribution in [2.45, 2.75) is 62.3 Å². The highest BCUT2D eigenvalue weighted by Crippen LogP contribution is 2.52. The van der Waals surface area contributed by atoms with Gasteiger partial charge in [-0.1, -0.05) is 60.7 Å². The van der Waals surface area contributed by atoms with Gasteiger partial charge in [-0.25, -0.2) is 4.79 Å². The number of esters is 1. The summed E-state index contributed by atoms with van der Waals surface area (Å²) in [5.74, 6) is -1.20. The molecule has 3 aromatic rings. The van der Waals surface area contributed by atoms with Crippen molar-refractivity contribution in [3.8, 4) is 0 Å². The highest BCUT2D eigenvalue weighted by Gasteiger charge is 2.57. The molecule has 9 heteroatoms. The summed E-state index contributed by atoms with van der Waals surface area (Å²) in [6.07, 6.45) is -8.27. The number of carbonyl (C=O) groups is 1. The molecule has 200 valence electrons. The Morgan fingerprint density at radius 3 is 1.97 bits per heavy atom. The summed E-state index contributed by atoms with van der Waals surface area (Å²) < 4.78 is 86.2. The zero-order chi connectivity index (χ0) is 27.1. The summed E-state index contributed by atoms with van der Waals surface area (Å²) in [7, 11) is 0. The molecule has 3 aromatic carbocycles. The molecule has 0 unspecified atom stereocenters. The first-order chi connectivity index (χ1) is 18.0. The van der Waals surface area contributed by atoms with Crippen LogP contribution in [0.3, 0.4) is 0 Å². The lowest BCUT2D eigenvalue weighted by molar-refractivity contribution is -0.143. The Hall–Kier alpha value is -3.33. The van der Waals surface area contributed by atoms with E-state index in [1.54, 1.807) is 0 Å². The summed E-state index contributed by atoms with van der Waals surface area (Å²) in [6.45, 7) is 0.566. The van der Waals surface area contributed by atoms with Crippen LogP contribution in [0.4, 0.5) is 26.3 Å². The summed E-state index contributed by atoms with van der Waals surface area (Å²) >= 11 is 0. The Labute approximate surface area is 216 Å². The fraction of sp³-hybridized carbons (Fsp3) is 0.345. The molecule has 2 aliphatic heterocycles. The van der Waals surface area contributed by atoms with Gasteiger partial charge in [0.2, 0.25) is 0 Å². The third-order valence-corrected chi connectivity index (χ3v) is 7.65. The summed E-state index contributed by atoms with van der Waals surface area (Å²) in [5, 5.41) is 0. The molecule has 5 rings (SSSR count). The van der Waals surface area contributed by atoms with Crippen LogP contribution >= 0.6 is 0 Å². The Kier molecular flexibility index (Phi) is 6.75. The molecule has 2 fully saturated rings. The molecular formula is C29H25F6NO2. The minimum atomic E-state index is -5.06. The highest BCUT2D eigenvalue weighted by atomic mass is 19.4. The predicted octanol–water partition coefficient (Wildman–Crippen LogP) is 7.60. The maximum absolute atomic E-state index is 13.4. The van der Waals surface area contributed by atoms with Crippen molar-refractivity contribution in [3.63, 3.8) is 0 Å². The number of halogens is 6. The van der Waals surface area contributed by atoms with Gasteiger partial charge in [0.15, 0.2) is 0 Å². The number of rotatable bonds is 5. The number of benzene rings is 3. The average Bonchev–Trinajstić information content (AvgIpc) is 3.13. The first-order valence-electron chi connectivity index (χ1n) is 12.3. The molecule has 0 radical (unpaired) electrons. The van der Waals surface area contributed by atoms with Crippen molar-refractivity contribution in [1.29, 1.82) is 0 Å². The van der Waals surface area contributed by atoms with Gasteiger partial charge in [-0.05, 0) is 55.0 Å². The normalized spacial score (nSPS) is 23.8. The Morgan fingerprint density at radius 1 is 0.816 bits per heavy atom. The molecule has 2 bridgehead atoms. The van der Waals surface area contributed by atoms with E-state index in [2.05, 4.69) is 4.90 Å². The van der Waals surface area contributed by atoms with E-state index in [0.29, 0.717) is 37.9 Å². The van der Waals surface area contributed by atoms with Crippen LogP contribution in [0, 0.1) is 0 Å². The summed E-state index contributed by atoms with van der Waals surface area (Å²) in [4.78, 5) is 15.5. The van der Waals surface area contributed by atoms with Crippen molar-refractivity contribution < 1.29 is 35.9 Å². The molecule has 2 aliphatic rings. The van der Waals surface area contributed by atoms with Gasteiger partial charge in [0, 0.05) is 12.6 Å². The Balaban J connectivity index is 1.53. The van der Waals surface area contributed by atoms with Gasteiger partial charge in [-0.3, -0.25) is 4.90 Å². The van der Waals surface area contributed by atoms with Crippen molar-refractivity contribution in [3.05, 3.63) is 107 Å². The summed E-state index contributed by atoms with van der Waals surface area (Å²) in [5.41, 5.74) is -2.68. The molecule has 38 heavy (non-hydrogen) atoms. The third kappa shape index (κ3) is 4.91. The molecule has 0 amide bonds. The number of fused-ring (bicyclic) bond motifs is 2. The van der Waals surface area contributed by atoms with Crippen molar-refractivity contribution in [1.82, 2.24) is 4.90 Å². The maximum Gasteiger partial charge on any atom is 0.416 e. The fourth-order valence-corrected chi connectivity index (χ4v) is 5.94. The third-order valence-electron chi connectivity index (χ3n) is 7.65. The van der Waals surface area contributed by atoms with Crippen LogP contribution < -0.4 is 0 Å². The first-order valence-corrected chi connectivity index (χ1v) is 12.3. The molecule has 0 aromatic heterocycles. The standard InChI is InChI=1S/C29H25F6NO2/c30-28(31,32)22-15-20(16-23(17-22)29(33,34)35)26(37)38-25-12-11-24-13-14-27(25,21-9-5-2-6-10-21)36(24)18-19-7-3-1-4-8-19/h1-10,15-17,24-25H,11-14,18H2/t24-,25+,27+/m0/s1. The van der Waals surface area contributed by atoms with Gasteiger partial charge in [0.05, 0.1) is 22.2 Å². The van der Waals surface area contributed by atoms with Crippen molar-refractivity contribution in [2.75, 3.05) is 0 Å². The number of hydrogen-bond acceptors (Lipinski definition) is 3. The lowest BCUT2D eigenvalue weighted by Gasteiger charge is -2.49. The number of hydrogen-bond donors (Lipinski definition) is 0. The number of alkyl halides is 6. The van der Waals surface area contributed by atoms with Gasteiger partial charge in [0.1, 0.15) is 6.10 Å². The van der Waals surface area contributed by atoms with Crippen molar-refractivity contribution in [2.24, 2.45) is 0 Å². The van der Waals surface area contributed by atoms with Gasteiger partial charge < -0.3 is 4.74 Å². The van der Waals surface area contributed by atoms with Crippen LogP contribution in [-0.2, 0) is 29.2 Å². The van der Waals surface area contributed by atoms with Crippen LogP contribution in [0.2, 0.25) is 0 Å². The van der Waals surface area contributed by atoms with E-state index in [1.807, 2.05) is 60.7 Å². The zero-order valence-electron chi connectivity index (χ0n) is 20.2. The molecule has 2 heterocycles. The predicted molar refractivity (Wildman–Crippen MR) is 128 cm³/mol. The molecule has 3 nitrogen and oxygen atoms in total. The maximum atomic E-state index is 13.4. The van der Waals surface area contributed by atoms with Crippen LogP contribution in [0.25, 0.3) is 0 Å². The monoisotopic (exact) mass is 533 g/mol. The second kappa shape index (κ2) is 9.76. The topological polar surface area (TPSA) is 29.5 Å². The fourth-order valence-electron chi connectivity index (χ4n) is 5.94. The van der Waals surface area contributed by atoms with E-state index in [0.717, 1.165) is 17.5 Å². The molecule has 3 atom stereocenters. The minimum absolute atomic E-state index is 0.00596. The number of carbonyl (C=O) groups excluding carboxylic acids is 1. The average molecular weight is 534 g/mol. The Bertz CT molecular complexity index is 1260. The molecule has 0 N–H and O–H groups in total. The molecule has 0 spiro atoms. The second-order valence-corrected chi connectivity index (χ2v) is 9.86. The SMILES string of the molecule is O=C(O[C@@H]1CC[C@H]2CC[C@]1(c1ccccc1)N2Cc1ccccc1)c1cc(C(F)(F)F)cc(C(F)(F)F)c1. The summed E-state index contributed by atoms with van der Waals surface area (Å²) in [6, 6.07) is 20.3. The van der Waals surface area contributed by atoms with Crippen LogP contribution in [0.5, 0.6) is 0 Å². The van der Waals surface area contributed by atoms with Gasteiger partial charge in [-0.15, -0.1) is 0 Å². The van der Waals surface area contributed by atoms with E-state index >= 15 is 0 Å². The van der Waals surface area contributed by atoms with E-state index in [-0.39, 0.29) is 12.1 Å². The van der Waals surface area contributed by atoms with Crippen molar-refractivity contribution >= 4 is 5.97 Å². The lowest BCUT2D eigenvalue weighted by Crippen LogP contribution is -2.56. The van der Waals surface area contributed by atoms with E-state index in [1.165, 1.54) is 0 Å².